The Morgan fingerprint density at radius 3 is 2.60 bits per heavy atom. The van der Waals surface area contributed by atoms with Crippen molar-refractivity contribution in [1.82, 2.24) is 9.97 Å². The number of hydrogen-bond donors (Lipinski definition) is 1. The first-order chi connectivity index (χ1) is 9.83. The lowest BCUT2D eigenvalue weighted by Gasteiger charge is -2.14. The number of pyridine rings is 1. The van der Waals surface area contributed by atoms with E-state index in [2.05, 4.69) is 22.2 Å². The number of hydrogen-bond acceptors (Lipinski definition) is 4. The van der Waals surface area contributed by atoms with Crippen molar-refractivity contribution in [2.75, 3.05) is 5.32 Å². The van der Waals surface area contributed by atoms with E-state index < -0.39 is 0 Å². The van der Waals surface area contributed by atoms with Gasteiger partial charge < -0.3 is 9.73 Å². The minimum Gasteiger partial charge on any atom is -0.444 e. The number of anilines is 1. The summed E-state index contributed by atoms with van der Waals surface area (Å²) >= 11 is 0. The topological polar surface area (TPSA) is 51.0 Å². The number of oxazole rings is 1. The minimum absolute atomic E-state index is 0.160. The maximum absolute atomic E-state index is 5.27. The molecule has 3 rings (SSSR count). The van der Waals surface area contributed by atoms with Gasteiger partial charge >= 0.3 is 0 Å². The van der Waals surface area contributed by atoms with Crippen molar-refractivity contribution in [3.63, 3.8) is 0 Å². The summed E-state index contributed by atoms with van der Waals surface area (Å²) in [5.74, 6) is 0.773. The minimum atomic E-state index is 0.160. The van der Waals surface area contributed by atoms with Crippen molar-refractivity contribution in [3.8, 4) is 11.3 Å². The molecule has 1 aromatic carbocycles. The van der Waals surface area contributed by atoms with Crippen molar-refractivity contribution in [2.45, 2.75) is 13.0 Å². The van der Waals surface area contributed by atoms with Crippen molar-refractivity contribution >= 4 is 5.69 Å². The lowest BCUT2D eigenvalue weighted by Crippen LogP contribution is -2.07. The zero-order valence-corrected chi connectivity index (χ0v) is 11.2. The molecule has 3 aromatic rings. The predicted molar refractivity (Wildman–Crippen MR) is 78.2 cm³/mol. The molecule has 0 saturated heterocycles. The van der Waals surface area contributed by atoms with Crippen LogP contribution in [0.4, 0.5) is 5.69 Å². The number of aromatic nitrogens is 2. The van der Waals surface area contributed by atoms with Crippen LogP contribution in [0.5, 0.6) is 0 Å². The highest BCUT2D eigenvalue weighted by molar-refractivity contribution is 5.60. The lowest BCUT2D eigenvalue weighted by molar-refractivity contribution is 0.572. The van der Waals surface area contributed by atoms with Crippen LogP contribution in [0.1, 0.15) is 18.7 Å². The first-order valence-electron chi connectivity index (χ1n) is 6.49. The SMILES string of the molecule is CC(Nc1ccc(-c2cnco2)cc1)c1ccccn1. The first kappa shape index (κ1) is 12.4. The van der Waals surface area contributed by atoms with Gasteiger partial charge in [0.25, 0.3) is 0 Å². The van der Waals surface area contributed by atoms with Crippen molar-refractivity contribution in [1.29, 1.82) is 0 Å². The molecule has 1 N–H and O–H groups in total. The Morgan fingerprint density at radius 1 is 1.10 bits per heavy atom. The maximum atomic E-state index is 5.27. The molecule has 2 aromatic heterocycles. The summed E-state index contributed by atoms with van der Waals surface area (Å²) in [7, 11) is 0. The third-order valence-corrected chi connectivity index (χ3v) is 3.12. The largest absolute Gasteiger partial charge is 0.444 e. The van der Waals surface area contributed by atoms with E-state index in [4.69, 9.17) is 4.42 Å². The van der Waals surface area contributed by atoms with Crippen LogP contribution in [0.15, 0.2) is 65.7 Å². The molecule has 2 heterocycles. The van der Waals surface area contributed by atoms with E-state index in [-0.39, 0.29) is 6.04 Å². The molecule has 0 aliphatic heterocycles. The quantitative estimate of drug-likeness (QED) is 0.777. The van der Waals surface area contributed by atoms with E-state index >= 15 is 0 Å². The molecule has 100 valence electrons. The molecular formula is C16H15N3O. The average Bonchev–Trinajstić information content (AvgIpc) is 3.03. The Bertz CT molecular complexity index is 648. The maximum Gasteiger partial charge on any atom is 0.181 e. The van der Waals surface area contributed by atoms with E-state index in [1.165, 1.54) is 6.39 Å². The van der Waals surface area contributed by atoms with Gasteiger partial charge in [0.05, 0.1) is 17.9 Å². The fourth-order valence-electron chi connectivity index (χ4n) is 2.05. The van der Waals surface area contributed by atoms with Crippen LogP contribution in [0, 0.1) is 0 Å². The molecule has 0 aliphatic rings. The monoisotopic (exact) mass is 265 g/mol. The summed E-state index contributed by atoms with van der Waals surface area (Å²) in [4.78, 5) is 8.27. The normalized spacial score (nSPS) is 12.1. The summed E-state index contributed by atoms with van der Waals surface area (Å²) < 4.78 is 5.27. The van der Waals surface area contributed by atoms with Gasteiger partial charge in [-0.15, -0.1) is 0 Å². The van der Waals surface area contributed by atoms with Crippen LogP contribution in [0.25, 0.3) is 11.3 Å². The zero-order valence-electron chi connectivity index (χ0n) is 11.2. The Kier molecular flexibility index (Phi) is 3.46. The van der Waals surface area contributed by atoms with Gasteiger partial charge in [-0.25, -0.2) is 4.98 Å². The summed E-state index contributed by atoms with van der Waals surface area (Å²) in [6.45, 7) is 2.09. The van der Waals surface area contributed by atoms with Gasteiger partial charge in [-0.3, -0.25) is 4.98 Å². The van der Waals surface area contributed by atoms with Crippen LogP contribution >= 0.6 is 0 Å². The molecule has 0 saturated carbocycles. The van der Waals surface area contributed by atoms with Gasteiger partial charge in [-0.05, 0) is 43.3 Å². The summed E-state index contributed by atoms with van der Waals surface area (Å²) in [6.07, 6.45) is 4.95. The van der Waals surface area contributed by atoms with Gasteiger partial charge in [0, 0.05) is 17.4 Å². The van der Waals surface area contributed by atoms with Crippen molar-refractivity contribution < 1.29 is 4.42 Å². The molecule has 0 radical (unpaired) electrons. The fourth-order valence-corrected chi connectivity index (χ4v) is 2.05. The highest BCUT2D eigenvalue weighted by Crippen LogP contribution is 2.23. The summed E-state index contributed by atoms with van der Waals surface area (Å²) in [5, 5.41) is 3.42. The van der Waals surface area contributed by atoms with Gasteiger partial charge in [0.1, 0.15) is 0 Å². The Labute approximate surface area is 117 Å². The lowest BCUT2D eigenvalue weighted by atomic mass is 10.1. The molecule has 0 aliphatic carbocycles. The van der Waals surface area contributed by atoms with Crippen molar-refractivity contribution in [3.05, 3.63) is 66.9 Å². The third kappa shape index (κ3) is 2.69. The standard InChI is InChI=1S/C16H15N3O/c1-12(15-4-2-3-9-18-15)19-14-7-5-13(6-8-14)16-10-17-11-20-16/h2-12,19H,1H3. The van der Waals surface area contributed by atoms with E-state index in [1.807, 2.05) is 42.5 Å². The number of rotatable bonds is 4. The van der Waals surface area contributed by atoms with Gasteiger partial charge in [-0.2, -0.15) is 0 Å². The second kappa shape index (κ2) is 5.57. The Balaban J connectivity index is 1.72. The van der Waals surface area contributed by atoms with E-state index in [0.717, 1.165) is 22.7 Å². The van der Waals surface area contributed by atoms with Crippen LogP contribution < -0.4 is 5.32 Å². The predicted octanol–water partition coefficient (Wildman–Crippen LogP) is 3.91. The molecule has 1 unspecified atom stereocenters. The van der Waals surface area contributed by atoms with E-state index in [1.54, 1.807) is 12.4 Å². The van der Waals surface area contributed by atoms with Crippen LogP contribution in [0.3, 0.4) is 0 Å². The molecular weight excluding hydrogens is 250 g/mol. The molecule has 0 amide bonds. The number of nitrogens with zero attached hydrogens (tertiary/aromatic N) is 2. The Hall–Kier alpha value is -2.62. The van der Waals surface area contributed by atoms with Gasteiger partial charge in [0.2, 0.25) is 0 Å². The molecule has 4 nitrogen and oxygen atoms in total. The smallest absolute Gasteiger partial charge is 0.181 e. The second-order valence-electron chi connectivity index (χ2n) is 4.56. The van der Waals surface area contributed by atoms with E-state index in [9.17, 15) is 0 Å². The third-order valence-electron chi connectivity index (χ3n) is 3.12. The highest BCUT2D eigenvalue weighted by Gasteiger charge is 2.06. The highest BCUT2D eigenvalue weighted by atomic mass is 16.3. The molecule has 1 atom stereocenters. The first-order valence-corrected chi connectivity index (χ1v) is 6.49. The number of benzene rings is 1. The molecule has 20 heavy (non-hydrogen) atoms. The molecule has 4 heteroatoms. The van der Waals surface area contributed by atoms with E-state index in [0.29, 0.717) is 0 Å². The Morgan fingerprint density at radius 2 is 1.95 bits per heavy atom. The van der Waals surface area contributed by atoms with Gasteiger partial charge in [-0.1, -0.05) is 6.07 Å². The van der Waals surface area contributed by atoms with Crippen molar-refractivity contribution in [2.24, 2.45) is 0 Å². The van der Waals surface area contributed by atoms with Crippen LogP contribution in [0.2, 0.25) is 0 Å². The molecule has 0 spiro atoms. The summed E-state index contributed by atoms with van der Waals surface area (Å²) in [5.41, 5.74) is 3.08. The van der Waals surface area contributed by atoms with Crippen LogP contribution in [-0.4, -0.2) is 9.97 Å². The number of nitrogens with one attached hydrogen (secondary N) is 1. The second-order valence-corrected chi connectivity index (χ2v) is 4.56. The van der Waals surface area contributed by atoms with Crippen LogP contribution in [-0.2, 0) is 0 Å². The zero-order chi connectivity index (χ0) is 13.8. The van der Waals surface area contributed by atoms with Gasteiger partial charge in [0.15, 0.2) is 12.2 Å². The average molecular weight is 265 g/mol. The summed E-state index contributed by atoms with van der Waals surface area (Å²) in [6, 6.07) is 14.2. The fraction of sp³-hybridized carbons (Fsp3) is 0.125. The molecule has 0 fully saturated rings. The molecule has 0 bridgehead atoms.